The van der Waals surface area contributed by atoms with Crippen molar-refractivity contribution in [1.29, 1.82) is 0 Å². The SMILES string of the molecule is CC(C)(C)N(C(=O)O)[C@H]1CC=CC[C@@H]1c1sc2c(NCc3ncco3)cc(Cl)nc2c1Cl.N[C@H]1CC=CC[C@@H]1c1sc2c(NCc3ncco3)cc(Cl)nc2c1Cl. The van der Waals surface area contributed by atoms with Gasteiger partial charge in [0.25, 0.3) is 0 Å². The Morgan fingerprint density at radius 2 is 1.28 bits per heavy atom. The van der Waals surface area contributed by atoms with Crippen LogP contribution in [0.2, 0.25) is 20.4 Å². The molecule has 0 aliphatic heterocycles. The van der Waals surface area contributed by atoms with Crippen molar-refractivity contribution in [3.05, 3.63) is 103 Å². The molecular weight excluding hydrogens is 850 g/mol. The van der Waals surface area contributed by atoms with E-state index in [1.807, 2.05) is 26.8 Å². The van der Waals surface area contributed by atoms with Crippen LogP contribution in [0.5, 0.6) is 0 Å². The second-order valence-corrected chi connectivity index (χ2v) is 18.2. The third kappa shape index (κ3) is 9.07. The Morgan fingerprint density at radius 3 is 1.74 bits per heavy atom. The Bertz CT molecular complexity index is 2410. The molecule has 1 amide bonds. The van der Waals surface area contributed by atoms with Crippen LogP contribution in [0.1, 0.15) is 79.8 Å². The Kier molecular flexibility index (Phi) is 12.7. The largest absolute Gasteiger partial charge is 0.465 e. The van der Waals surface area contributed by atoms with Crippen molar-refractivity contribution >= 4 is 107 Å². The van der Waals surface area contributed by atoms with Crippen LogP contribution in [-0.4, -0.2) is 53.7 Å². The summed E-state index contributed by atoms with van der Waals surface area (Å²) < 4.78 is 12.4. The highest BCUT2D eigenvalue weighted by atomic mass is 35.5. The van der Waals surface area contributed by atoms with E-state index < -0.39 is 11.6 Å². The number of fused-ring (bicyclic) bond motifs is 2. The maximum absolute atomic E-state index is 12.2. The molecule has 2 aliphatic rings. The topological polar surface area (TPSA) is 168 Å². The van der Waals surface area contributed by atoms with Gasteiger partial charge in [0.15, 0.2) is 0 Å². The van der Waals surface area contributed by atoms with Crippen LogP contribution in [0, 0.1) is 0 Å². The lowest BCUT2D eigenvalue weighted by Crippen LogP contribution is -2.53. The van der Waals surface area contributed by atoms with Crippen molar-refractivity contribution in [3.63, 3.8) is 0 Å². The maximum Gasteiger partial charge on any atom is 0.408 e. The van der Waals surface area contributed by atoms with E-state index in [9.17, 15) is 9.90 Å². The quantitative estimate of drug-likeness (QED) is 0.0805. The highest BCUT2D eigenvalue weighted by Crippen LogP contribution is 2.48. The number of oxazole rings is 2. The first-order chi connectivity index (χ1) is 27.3. The van der Waals surface area contributed by atoms with Gasteiger partial charge in [0.1, 0.15) is 33.9 Å². The van der Waals surface area contributed by atoms with Crippen LogP contribution < -0.4 is 16.4 Å². The van der Waals surface area contributed by atoms with Crippen molar-refractivity contribution in [3.8, 4) is 0 Å². The van der Waals surface area contributed by atoms with Gasteiger partial charge in [-0.25, -0.2) is 24.7 Å². The van der Waals surface area contributed by atoms with E-state index in [0.29, 0.717) is 69.1 Å². The van der Waals surface area contributed by atoms with Crippen LogP contribution in [0.15, 0.2) is 70.2 Å². The summed E-state index contributed by atoms with van der Waals surface area (Å²) in [7, 11) is 0. The summed E-state index contributed by atoms with van der Waals surface area (Å²) in [6, 6.07) is 3.38. The number of amides is 1. The second-order valence-electron chi connectivity index (χ2n) is 14.6. The lowest BCUT2D eigenvalue weighted by molar-refractivity contribution is 0.0602. The Hall–Kier alpha value is -3.89. The van der Waals surface area contributed by atoms with E-state index in [-0.39, 0.29) is 23.9 Å². The average Bonchev–Trinajstić information content (AvgIpc) is 3.99. The molecule has 6 heterocycles. The van der Waals surface area contributed by atoms with Gasteiger partial charge in [-0.1, -0.05) is 70.7 Å². The predicted octanol–water partition coefficient (Wildman–Crippen LogP) is 11.7. The molecule has 300 valence electrons. The number of rotatable bonds is 9. The molecule has 18 heteroatoms. The number of hydrogen-bond donors (Lipinski definition) is 4. The molecular formula is C39H40Cl4N8O4S2. The summed E-state index contributed by atoms with van der Waals surface area (Å²) >= 11 is 29.1. The predicted molar refractivity (Wildman–Crippen MR) is 231 cm³/mol. The lowest BCUT2D eigenvalue weighted by atomic mass is 9.84. The van der Waals surface area contributed by atoms with Gasteiger partial charge in [0, 0.05) is 51.3 Å². The second kappa shape index (κ2) is 17.5. The molecule has 0 saturated carbocycles. The molecule has 0 radical (unpaired) electrons. The zero-order valence-corrected chi connectivity index (χ0v) is 35.8. The number of nitrogens with two attached hydrogens (primary N) is 1. The highest BCUT2D eigenvalue weighted by molar-refractivity contribution is 7.21. The van der Waals surface area contributed by atoms with Crippen molar-refractivity contribution in [2.75, 3.05) is 10.6 Å². The van der Waals surface area contributed by atoms with Crippen LogP contribution in [-0.2, 0) is 13.1 Å². The summed E-state index contributed by atoms with van der Waals surface area (Å²) in [6.45, 7) is 6.58. The first-order valence-corrected chi connectivity index (χ1v) is 21.3. The fraction of sp³-hybridized carbons (Fsp3) is 0.359. The highest BCUT2D eigenvalue weighted by Gasteiger charge is 2.40. The van der Waals surface area contributed by atoms with E-state index in [4.69, 9.17) is 61.0 Å². The molecule has 0 saturated heterocycles. The van der Waals surface area contributed by atoms with E-state index in [0.717, 1.165) is 43.4 Å². The number of thiophene rings is 2. The summed E-state index contributed by atoms with van der Waals surface area (Å²) in [6.07, 6.45) is 16.8. The molecule has 6 aromatic heterocycles. The Morgan fingerprint density at radius 1 is 0.807 bits per heavy atom. The van der Waals surface area contributed by atoms with E-state index in [1.165, 1.54) is 17.6 Å². The van der Waals surface area contributed by atoms with Crippen molar-refractivity contribution in [1.82, 2.24) is 24.8 Å². The molecule has 0 fully saturated rings. The average molecular weight is 891 g/mol. The van der Waals surface area contributed by atoms with E-state index in [1.54, 1.807) is 47.0 Å². The molecule has 0 unspecified atom stereocenters. The molecule has 6 aromatic rings. The standard InChI is InChI=1S/C22H24Cl2N4O3S.C17H16Cl2N4OS/c1-22(2,3)28(21(29)30)14-7-5-4-6-12(14)19-17(24)18-20(32-19)13(10-15(23)27-18)26-11-16-25-8-9-31-16;18-12-7-11(22-8-13-21-5-6-24-13)17-15(23-12)14(19)16(25-17)9-3-1-2-4-10(9)20/h4-5,8-10,12,14H,6-7,11H2,1-3H3,(H,26,27)(H,29,30);1-2,5-7,9-10H,3-4,8,20H2,(H,22,23)/t12-,14-;9-,10-/m00/s1. The first kappa shape index (κ1) is 41.3. The number of nitrogens with one attached hydrogen (secondary N) is 2. The van der Waals surface area contributed by atoms with Gasteiger partial charge in [-0.2, -0.15) is 0 Å². The number of hydrogen-bond acceptors (Lipinski definition) is 12. The van der Waals surface area contributed by atoms with Gasteiger partial charge >= 0.3 is 6.09 Å². The fourth-order valence-corrected chi connectivity index (χ4v) is 11.1. The molecule has 2 aliphatic carbocycles. The maximum atomic E-state index is 12.2. The zero-order chi connectivity index (χ0) is 40.4. The smallest absolute Gasteiger partial charge is 0.408 e. The number of nitrogens with zero attached hydrogens (tertiary/aromatic N) is 5. The van der Waals surface area contributed by atoms with Gasteiger partial charge in [0.05, 0.1) is 56.3 Å². The number of allylic oxidation sites excluding steroid dienone is 2. The summed E-state index contributed by atoms with van der Waals surface area (Å²) in [5, 5.41) is 18.5. The molecule has 12 nitrogen and oxygen atoms in total. The minimum absolute atomic E-state index is 0.0646. The van der Waals surface area contributed by atoms with Crippen LogP contribution >= 0.6 is 69.1 Å². The number of halogens is 4. The molecule has 0 aromatic carbocycles. The summed E-state index contributed by atoms with van der Waals surface area (Å²) in [4.78, 5) is 32.9. The van der Waals surface area contributed by atoms with Gasteiger partial charge in [-0.05, 0) is 46.5 Å². The third-order valence-corrected chi connectivity index (χ3v) is 13.9. The molecule has 57 heavy (non-hydrogen) atoms. The fourth-order valence-electron chi connectivity index (χ4n) is 7.24. The van der Waals surface area contributed by atoms with Gasteiger partial charge in [-0.3, -0.25) is 4.90 Å². The van der Waals surface area contributed by atoms with Gasteiger partial charge < -0.3 is 30.3 Å². The molecule has 4 atom stereocenters. The van der Waals surface area contributed by atoms with Crippen molar-refractivity contribution < 1.29 is 18.7 Å². The number of aromatic nitrogens is 4. The minimum Gasteiger partial charge on any atom is -0.465 e. The number of anilines is 2. The Balaban J connectivity index is 0.000000179. The van der Waals surface area contributed by atoms with Crippen molar-refractivity contribution in [2.24, 2.45) is 5.73 Å². The Labute approximate surface area is 357 Å². The lowest BCUT2D eigenvalue weighted by Gasteiger charge is -2.43. The van der Waals surface area contributed by atoms with Crippen LogP contribution in [0.4, 0.5) is 16.2 Å². The van der Waals surface area contributed by atoms with Crippen molar-refractivity contribution in [2.45, 2.75) is 89.0 Å². The summed E-state index contributed by atoms with van der Waals surface area (Å²) in [5.41, 5.74) is 8.73. The van der Waals surface area contributed by atoms with Crippen LogP contribution in [0.3, 0.4) is 0 Å². The van der Waals surface area contributed by atoms with Crippen LogP contribution in [0.25, 0.3) is 20.4 Å². The summed E-state index contributed by atoms with van der Waals surface area (Å²) in [5.74, 6) is 1.27. The van der Waals surface area contributed by atoms with Gasteiger partial charge in [0.2, 0.25) is 11.8 Å². The molecule has 0 bridgehead atoms. The minimum atomic E-state index is -0.936. The zero-order valence-electron chi connectivity index (χ0n) is 31.1. The van der Waals surface area contributed by atoms with E-state index in [2.05, 4.69) is 48.8 Å². The molecule has 0 spiro atoms. The monoisotopic (exact) mass is 888 g/mol. The third-order valence-electron chi connectivity index (χ3n) is 9.80. The number of pyridine rings is 2. The molecule has 5 N–H and O–H groups in total. The van der Waals surface area contributed by atoms with E-state index >= 15 is 0 Å². The normalized spacial score (nSPS) is 19.4. The number of carbonyl (C=O) groups is 1. The number of carboxylic acid groups (broad SMARTS) is 1. The van der Waals surface area contributed by atoms with Gasteiger partial charge in [-0.15, -0.1) is 22.7 Å². The first-order valence-electron chi connectivity index (χ1n) is 18.2. The molecule has 8 rings (SSSR count).